The summed E-state index contributed by atoms with van der Waals surface area (Å²) >= 11 is 1.33. The van der Waals surface area contributed by atoms with Gasteiger partial charge in [0, 0.05) is 5.56 Å². The lowest BCUT2D eigenvalue weighted by Crippen LogP contribution is -2.10. The lowest BCUT2D eigenvalue weighted by atomic mass is 9.96. The van der Waals surface area contributed by atoms with E-state index in [1.807, 2.05) is 18.4 Å². The molecule has 10 heteroatoms. The van der Waals surface area contributed by atoms with Crippen molar-refractivity contribution in [3.8, 4) is 22.9 Å². The number of esters is 1. The lowest BCUT2D eigenvalue weighted by molar-refractivity contribution is 0.0526. The number of aryl methyl sites for hydroxylation is 1. The van der Waals surface area contributed by atoms with Crippen LogP contribution in [0.4, 0.5) is 5.82 Å². The minimum atomic E-state index is -0.490. The fourth-order valence-corrected chi connectivity index (χ4v) is 4.30. The number of nitrogens with two attached hydrogens (primary N) is 1. The van der Waals surface area contributed by atoms with Crippen molar-refractivity contribution in [1.29, 1.82) is 5.26 Å². The van der Waals surface area contributed by atoms with Crippen LogP contribution >= 0.6 is 11.8 Å². The number of fused-ring (bicyclic) bond motifs is 3. The Kier molecular flexibility index (Phi) is 5.59. The molecule has 0 radical (unpaired) electrons. The smallest absolute Gasteiger partial charge is 0.340 e. The molecule has 32 heavy (non-hydrogen) atoms. The molecule has 0 bridgehead atoms. The van der Waals surface area contributed by atoms with Crippen LogP contribution in [0.2, 0.25) is 0 Å². The van der Waals surface area contributed by atoms with Crippen LogP contribution in [0.25, 0.3) is 27.8 Å². The van der Waals surface area contributed by atoms with Crippen LogP contribution in [0.15, 0.2) is 29.3 Å². The second-order valence-electron chi connectivity index (χ2n) is 6.82. The zero-order valence-corrected chi connectivity index (χ0v) is 18.8. The Morgan fingerprint density at radius 1 is 1.28 bits per heavy atom. The van der Waals surface area contributed by atoms with Crippen molar-refractivity contribution in [3.63, 3.8) is 0 Å². The molecule has 4 aromatic rings. The first-order chi connectivity index (χ1) is 15.4. The normalized spacial score (nSPS) is 11.0. The van der Waals surface area contributed by atoms with Crippen LogP contribution in [0.3, 0.4) is 0 Å². The number of nitriles is 1. The zero-order valence-electron chi connectivity index (χ0n) is 18.0. The number of aromatic nitrogens is 4. The molecule has 3 heterocycles. The maximum absolute atomic E-state index is 13.0. The van der Waals surface area contributed by atoms with Crippen molar-refractivity contribution in [2.24, 2.45) is 0 Å². The number of benzene rings is 1. The van der Waals surface area contributed by atoms with Gasteiger partial charge < -0.3 is 15.2 Å². The van der Waals surface area contributed by atoms with E-state index in [0.29, 0.717) is 44.3 Å². The fraction of sp³-hybridized carbons (Fsp3) is 0.227. The molecule has 0 unspecified atom stereocenters. The number of rotatable bonds is 5. The Balaban J connectivity index is 2.20. The predicted molar refractivity (Wildman–Crippen MR) is 122 cm³/mol. The van der Waals surface area contributed by atoms with E-state index >= 15 is 0 Å². The number of methoxy groups -OCH3 is 1. The highest BCUT2D eigenvalue weighted by molar-refractivity contribution is 7.98. The Bertz CT molecular complexity index is 1410. The molecule has 0 aliphatic carbocycles. The highest BCUT2D eigenvalue weighted by atomic mass is 32.2. The average molecular weight is 449 g/mol. The van der Waals surface area contributed by atoms with Gasteiger partial charge in [0.15, 0.2) is 11.3 Å². The summed E-state index contributed by atoms with van der Waals surface area (Å²) in [5.74, 6) is 0.278. The number of carbonyl (C=O) groups excluding carboxylic acids is 1. The molecular formula is C22H20N6O3S. The van der Waals surface area contributed by atoms with E-state index in [0.717, 1.165) is 5.56 Å². The van der Waals surface area contributed by atoms with Crippen LogP contribution in [0, 0.1) is 18.3 Å². The Hall–Kier alpha value is -3.84. The summed E-state index contributed by atoms with van der Waals surface area (Å²) in [4.78, 5) is 22.0. The van der Waals surface area contributed by atoms with Crippen LogP contribution in [0.5, 0.6) is 5.75 Å². The summed E-state index contributed by atoms with van der Waals surface area (Å²) in [5, 5.41) is 15.3. The van der Waals surface area contributed by atoms with E-state index in [-0.39, 0.29) is 18.0 Å². The van der Waals surface area contributed by atoms with Gasteiger partial charge >= 0.3 is 5.97 Å². The number of nitrogens with zero attached hydrogens (tertiary/aromatic N) is 5. The Morgan fingerprint density at radius 3 is 2.59 bits per heavy atom. The van der Waals surface area contributed by atoms with E-state index in [1.54, 1.807) is 37.6 Å². The van der Waals surface area contributed by atoms with Crippen LogP contribution in [0.1, 0.15) is 28.5 Å². The van der Waals surface area contributed by atoms with Crippen molar-refractivity contribution in [2.45, 2.75) is 18.9 Å². The molecule has 4 rings (SSSR count). The highest BCUT2D eigenvalue weighted by Crippen LogP contribution is 2.38. The summed E-state index contributed by atoms with van der Waals surface area (Å²) in [6, 6.07) is 9.40. The van der Waals surface area contributed by atoms with Gasteiger partial charge in [-0.15, -0.1) is 16.9 Å². The number of ether oxygens (including phenoxy) is 2. The quantitative estimate of drug-likeness (QED) is 0.276. The second kappa shape index (κ2) is 8.36. The molecule has 0 aliphatic rings. The van der Waals surface area contributed by atoms with Gasteiger partial charge in [0.25, 0.3) is 0 Å². The molecule has 0 saturated carbocycles. The van der Waals surface area contributed by atoms with Crippen molar-refractivity contribution in [2.75, 3.05) is 25.7 Å². The summed E-state index contributed by atoms with van der Waals surface area (Å²) in [7, 11) is 1.59. The molecule has 2 N–H and O–H groups in total. The van der Waals surface area contributed by atoms with Gasteiger partial charge in [-0.1, -0.05) is 12.1 Å². The van der Waals surface area contributed by atoms with Crippen LogP contribution in [-0.4, -0.2) is 45.5 Å². The van der Waals surface area contributed by atoms with Gasteiger partial charge in [-0.05, 0) is 37.8 Å². The predicted octanol–water partition coefficient (Wildman–Crippen LogP) is 3.61. The largest absolute Gasteiger partial charge is 0.497 e. The SMILES string of the molecule is CCOC(=O)c1c(C)nc2nn3c(SC)c(C#N)c(N)nc3c2c1-c1ccc(OC)cc1. The van der Waals surface area contributed by atoms with Gasteiger partial charge in [0.1, 0.15) is 28.2 Å². The van der Waals surface area contributed by atoms with Crippen molar-refractivity contribution in [3.05, 3.63) is 41.1 Å². The minimum Gasteiger partial charge on any atom is -0.497 e. The minimum absolute atomic E-state index is 0.0880. The van der Waals surface area contributed by atoms with Crippen LogP contribution < -0.4 is 10.5 Å². The van der Waals surface area contributed by atoms with E-state index in [9.17, 15) is 10.1 Å². The van der Waals surface area contributed by atoms with Gasteiger partial charge in [0.05, 0.1) is 30.4 Å². The molecule has 1 aromatic carbocycles. The summed E-state index contributed by atoms with van der Waals surface area (Å²) in [6.45, 7) is 3.71. The lowest BCUT2D eigenvalue weighted by Gasteiger charge is -2.13. The van der Waals surface area contributed by atoms with Crippen molar-refractivity contribution >= 4 is 40.2 Å². The molecule has 9 nitrogen and oxygen atoms in total. The topological polar surface area (TPSA) is 128 Å². The van der Waals surface area contributed by atoms with E-state index in [1.165, 1.54) is 11.8 Å². The zero-order chi connectivity index (χ0) is 23.0. The van der Waals surface area contributed by atoms with Crippen molar-refractivity contribution in [1.82, 2.24) is 19.6 Å². The third-order valence-electron chi connectivity index (χ3n) is 5.03. The molecular weight excluding hydrogens is 428 g/mol. The fourth-order valence-electron chi connectivity index (χ4n) is 3.64. The van der Waals surface area contributed by atoms with Gasteiger partial charge in [-0.25, -0.2) is 19.3 Å². The summed E-state index contributed by atoms with van der Waals surface area (Å²) in [5.41, 5.74) is 9.29. The number of thioether (sulfide) groups is 1. The van der Waals surface area contributed by atoms with Gasteiger partial charge in [0.2, 0.25) is 0 Å². The molecule has 162 valence electrons. The number of hydrogen-bond acceptors (Lipinski definition) is 9. The maximum atomic E-state index is 13.0. The third kappa shape index (κ3) is 3.27. The van der Waals surface area contributed by atoms with E-state index in [2.05, 4.69) is 21.1 Å². The molecule has 3 aromatic heterocycles. The average Bonchev–Trinajstić information content (AvgIpc) is 3.14. The Labute approximate surface area is 188 Å². The van der Waals surface area contributed by atoms with Gasteiger partial charge in [-0.2, -0.15) is 5.26 Å². The monoisotopic (exact) mass is 448 g/mol. The number of carbonyl (C=O) groups is 1. The third-order valence-corrected chi connectivity index (χ3v) is 5.79. The van der Waals surface area contributed by atoms with E-state index in [4.69, 9.17) is 15.2 Å². The molecule has 0 amide bonds. The summed E-state index contributed by atoms with van der Waals surface area (Å²) < 4.78 is 12.2. The van der Waals surface area contributed by atoms with Crippen LogP contribution in [-0.2, 0) is 4.74 Å². The molecule has 0 aliphatic heterocycles. The molecule has 0 saturated heterocycles. The number of anilines is 1. The molecule has 0 spiro atoms. The molecule has 0 fully saturated rings. The second-order valence-corrected chi connectivity index (χ2v) is 7.62. The number of pyridine rings is 1. The number of hydrogen-bond donors (Lipinski definition) is 1. The first-order valence-electron chi connectivity index (χ1n) is 9.73. The highest BCUT2D eigenvalue weighted by Gasteiger charge is 2.27. The number of nitrogen functional groups attached to an aromatic ring is 1. The molecule has 0 atom stereocenters. The standard InChI is InChI=1S/C22H20N6O3S/c1-5-31-22(29)15-11(2)25-19-17(16(15)12-6-8-13(30-3)9-7-12)20-26-18(24)14(10-23)21(32-4)28(20)27-19/h6-9H,5H2,1-4H3,(H2,24,26). The first-order valence-corrected chi connectivity index (χ1v) is 11.0. The summed E-state index contributed by atoms with van der Waals surface area (Å²) in [6.07, 6.45) is 1.83. The van der Waals surface area contributed by atoms with Gasteiger partial charge in [-0.3, -0.25) is 0 Å². The first kappa shape index (κ1) is 21.4. The van der Waals surface area contributed by atoms with Crippen molar-refractivity contribution < 1.29 is 14.3 Å². The Morgan fingerprint density at radius 2 is 2.00 bits per heavy atom. The maximum Gasteiger partial charge on any atom is 0.340 e. The van der Waals surface area contributed by atoms with E-state index < -0.39 is 5.97 Å².